The molecule has 0 unspecified atom stereocenters. The van der Waals surface area contributed by atoms with E-state index in [1.807, 2.05) is 6.20 Å². The summed E-state index contributed by atoms with van der Waals surface area (Å²) in [5.41, 5.74) is 0.186. The zero-order valence-electron chi connectivity index (χ0n) is 11.6. The Bertz CT molecular complexity index is 755. The third-order valence-corrected chi connectivity index (χ3v) is 3.83. The molecule has 3 rings (SSSR count). The van der Waals surface area contributed by atoms with Gasteiger partial charge in [0, 0.05) is 57.9 Å². The Morgan fingerprint density at radius 2 is 2.00 bits per heavy atom. The van der Waals surface area contributed by atoms with Crippen molar-refractivity contribution in [2.75, 3.05) is 6.54 Å². The molecule has 0 radical (unpaired) electrons. The summed E-state index contributed by atoms with van der Waals surface area (Å²) >= 11 is 0. The molecule has 1 aliphatic rings. The number of aromatic nitrogens is 4. The van der Waals surface area contributed by atoms with E-state index in [1.54, 1.807) is 13.2 Å². The molecule has 0 saturated heterocycles. The highest BCUT2D eigenvalue weighted by molar-refractivity contribution is 5.04. The van der Waals surface area contributed by atoms with Crippen LogP contribution in [0.3, 0.4) is 0 Å². The van der Waals surface area contributed by atoms with Crippen LogP contribution in [0.25, 0.3) is 0 Å². The largest absolute Gasteiger partial charge is 0.333 e. The molecule has 1 aliphatic heterocycles. The summed E-state index contributed by atoms with van der Waals surface area (Å²) in [5, 5.41) is 0. The minimum absolute atomic E-state index is 0.262. The van der Waals surface area contributed by atoms with Crippen LogP contribution in [0.5, 0.6) is 0 Å². The van der Waals surface area contributed by atoms with E-state index in [9.17, 15) is 9.59 Å². The van der Waals surface area contributed by atoms with Crippen molar-refractivity contribution in [2.45, 2.75) is 19.6 Å². The monoisotopic (exact) mass is 275 g/mol. The molecule has 0 amide bonds. The maximum atomic E-state index is 11.9. The molecule has 0 aliphatic carbocycles. The molecule has 3 heterocycles. The summed E-state index contributed by atoms with van der Waals surface area (Å²) in [4.78, 5) is 30.1. The SMILES string of the molecule is Cn1c(CN2CCn3ccnc3C2)cc(=O)n(C)c1=O. The van der Waals surface area contributed by atoms with Crippen LogP contribution in [0.4, 0.5) is 0 Å². The fourth-order valence-corrected chi connectivity index (χ4v) is 2.52. The molecular formula is C13H17N5O2. The van der Waals surface area contributed by atoms with Gasteiger partial charge in [-0.3, -0.25) is 18.8 Å². The van der Waals surface area contributed by atoms with Gasteiger partial charge in [-0.15, -0.1) is 0 Å². The van der Waals surface area contributed by atoms with Crippen LogP contribution in [0.15, 0.2) is 28.0 Å². The lowest BCUT2D eigenvalue weighted by molar-refractivity contribution is 0.203. The fraction of sp³-hybridized carbons (Fsp3) is 0.462. The van der Waals surface area contributed by atoms with Gasteiger partial charge in [-0.25, -0.2) is 9.78 Å². The molecule has 7 nitrogen and oxygen atoms in total. The summed E-state index contributed by atoms with van der Waals surface area (Å²) in [6.45, 7) is 3.08. The second kappa shape index (κ2) is 4.75. The maximum Gasteiger partial charge on any atom is 0.330 e. The summed E-state index contributed by atoms with van der Waals surface area (Å²) < 4.78 is 4.77. The van der Waals surface area contributed by atoms with Gasteiger partial charge in [0.1, 0.15) is 5.82 Å². The van der Waals surface area contributed by atoms with Crippen LogP contribution < -0.4 is 11.2 Å². The predicted molar refractivity (Wildman–Crippen MR) is 73.3 cm³/mol. The lowest BCUT2D eigenvalue weighted by atomic mass is 10.3. The summed E-state index contributed by atoms with van der Waals surface area (Å²) in [5.74, 6) is 1.02. The van der Waals surface area contributed by atoms with Crippen molar-refractivity contribution >= 4 is 0 Å². The maximum absolute atomic E-state index is 11.9. The molecule has 0 atom stereocenters. The molecule has 0 spiro atoms. The van der Waals surface area contributed by atoms with Crippen molar-refractivity contribution in [1.82, 2.24) is 23.6 Å². The first-order valence-electron chi connectivity index (χ1n) is 6.54. The molecular weight excluding hydrogens is 258 g/mol. The zero-order valence-corrected chi connectivity index (χ0v) is 11.6. The lowest BCUT2D eigenvalue weighted by Crippen LogP contribution is -2.40. The number of hydrogen-bond donors (Lipinski definition) is 0. The standard InChI is InChI=1S/C13H17N5O2/c1-15-10(7-12(19)16(2)13(15)20)8-17-5-6-18-4-3-14-11(18)9-17/h3-4,7H,5-6,8-9H2,1-2H3. The number of rotatable bonds is 2. The van der Waals surface area contributed by atoms with E-state index >= 15 is 0 Å². The van der Waals surface area contributed by atoms with Crippen LogP contribution >= 0.6 is 0 Å². The van der Waals surface area contributed by atoms with Crippen molar-refractivity contribution in [3.05, 3.63) is 50.8 Å². The quantitative estimate of drug-likeness (QED) is 0.727. The van der Waals surface area contributed by atoms with Gasteiger partial charge >= 0.3 is 5.69 Å². The fourth-order valence-electron chi connectivity index (χ4n) is 2.52. The average molecular weight is 275 g/mol. The van der Waals surface area contributed by atoms with Gasteiger partial charge in [0.15, 0.2) is 0 Å². The van der Waals surface area contributed by atoms with E-state index in [0.717, 1.165) is 35.7 Å². The van der Waals surface area contributed by atoms with Crippen molar-refractivity contribution in [3.8, 4) is 0 Å². The molecule has 20 heavy (non-hydrogen) atoms. The Hall–Kier alpha value is -2.15. The van der Waals surface area contributed by atoms with E-state index in [2.05, 4.69) is 14.5 Å². The first-order valence-corrected chi connectivity index (χ1v) is 6.54. The lowest BCUT2D eigenvalue weighted by Gasteiger charge is -2.28. The molecule has 2 aromatic heterocycles. The molecule has 106 valence electrons. The normalized spacial score (nSPS) is 15.3. The predicted octanol–water partition coefficient (Wildman–Crippen LogP) is -0.704. The van der Waals surface area contributed by atoms with Gasteiger partial charge in [-0.1, -0.05) is 0 Å². The van der Waals surface area contributed by atoms with E-state index in [-0.39, 0.29) is 11.2 Å². The van der Waals surface area contributed by atoms with Crippen molar-refractivity contribution in [2.24, 2.45) is 14.1 Å². The smallest absolute Gasteiger partial charge is 0.330 e. The minimum Gasteiger partial charge on any atom is -0.333 e. The molecule has 0 aromatic carbocycles. The van der Waals surface area contributed by atoms with Gasteiger partial charge in [0.2, 0.25) is 0 Å². The third-order valence-electron chi connectivity index (χ3n) is 3.83. The second-order valence-corrected chi connectivity index (χ2v) is 5.12. The highest BCUT2D eigenvalue weighted by Crippen LogP contribution is 2.12. The molecule has 2 aromatic rings. The summed E-state index contributed by atoms with van der Waals surface area (Å²) in [7, 11) is 3.19. The summed E-state index contributed by atoms with van der Waals surface area (Å²) in [6.07, 6.45) is 3.77. The van der Waals surface area contributed by atoms with Gasteiger partial charge in [0.25, 0.3) is 5.56 Å². The van der Waals surface area contributed by atoms with Crippen LogP contribution in [-0.2, 0) is 33.7 Å². The first kappa shape index (κ1) is 12.9. The molecule has 0 fully saturated rings. The van der Waals surface area contributed by atoms with Crippen molar-refractivity contribution in [3.63, 3.8) is 0 Å². The molecule has 7 heteroatoms. The molecule has 0 N–H and O–H groups in total. The Balaban J connectivity index is 1.87. The van der Waals surface area contributed by atoms with E-state index < -0.39 is 0 Å². The van der Waals surface area contributed by atoms with E-state index in [4.69, 9.17) is 0 Å². The van der Waals surface area contributed by atoms with Crippen LogP contribution in [0.2, 0.25) is 0 Å². The van der Waals surface area contributed by atoms with Gasteiger partial charge in [-0.05, 0) is 0 Å². The average Bonchev–Trinajstić information content (AvgIpc) is 2.90. The minimum atomic E-state index is -0.286. The third kappa shape index (κ3) is 2.09. The Morgan fingerprint density at radius 1 is 1.20 bits per heavy atom. The van der Waals surface area contributed by atoms with Crippen LogP contribution in [-0.4, -0.2) is 30.1 Å². The Labute approximate surface area is 115 Å². The highest BCUT2D eigenvalue weighted by Gasteiger charge is 2.18. The second-order valence-electron chi connectivity index (χ2n) is 5.12. The number of nitrogens with zero attached hydrogens (tertiary/aromatic N) is 5. The Kier molecular flexibility index (Phi) is 3.06. The van der Waals surface area contributed by atoms with E-state index in [0.29, 0.717) is 6.54 Å². The number of fused-ring (bicyclic) bond motifs is 1. The van der Waals surface area contributed by atoms with E-state index in [1.165, 1.54) is 17.7 Å². The molecule has 0 saturated carbocycles. The number of hydrogen-bond acceptors (Lipinski definition) is 4. The molecule has 0 bridgehead atoms. The van der Waals surface area contributed by atoms with Gasteiger partial charge in [0.05, 0.1) is 6.54 Å². The summed E-state index contributed by atoms with van der Waals surface area (Å²) in [6, 6.07) is 1.53. The Morgan fingerprint density at radius 3 is 2.80 bits per heavy atom. The zero-order chi connectivity index (χ0) is 14.3. The van der Waals surface area contributed by atoms with Gasteiger partial charge < -0.3 is 4.57 Å². The van der Waals surface area contributed by atoms with Crippen LogP contribution in [0.1, 0.15) is 11.5 Å². The topological polar surface area (TPSA) is 65.1 Å². The first-order chi connectivity index (χ1) is 9.56. The van der Waals surface area contributed by atoms with Gasteiger partial charge in [-0.2, -0.15) is 0 Å². The van der Waals surface area contributed by atoms with Crippen LogP contribution in [0, 0.1) is 0 Å². The highest BCUT2D eigenvalue weighted by atomic mass is 16.2. The van der Waals surface area contributed by atoms with Crippen molar-refractivity contribution < 1.29 is 0 Å². The number of imidazole rings is 1. The van der Waals surface area contributed by atoms with Crippen molar-refractivity contribution in [1.29, 1.82) is 0 Å².